The fourth-order valence-corrected chi connectivity index (χ4v) is 2.17. The van der Waals surface area contributed by atoms with Gasteiger partial charge in [-0.3, -0.25) is 4.79 Å². The molecule has 1 amide bonds. The SMILES string of the molecule is Cc1noc2nc(-c3ccco3)cc(C(=O)NC(C)CO)c12. The van der Waals surface area contributed by atoms with Gasteiger partial charge in [-0.05, 0) is 32.0 Å². The topological polar surface area (TPSA) is 101 Å². The van der Waals surface area contributed by atoms with E-state index in [2.05, 4.69) is 15.5 Å². The Morgan fingerprint density at radius 3 is 3.00 bits per heavy atom. The van der Waals surface area contributed by atoms with Gasteiger partial charge >= 0.3 is 0 Å². The molecule has 0 saturated heterocycles. The molecule has 22 heavy (non-hydrogen) atoms. The number of amides is 1. The lowest BCUT2D eigenvalue weighted by Gasteiger charge is -2.11. The Morgan fingerprint density at radius 2 is 2.32 bits per heavy atom. The predicted molar refractivity (Wildman–Crippen MR) is 78.3 cm³/mol. The minimum absolute atomic E-state index is 0.145. The van der Waals surface area contributed by atoms with E-state index in [0.717, 1.165) is 0 Å². The van der Waals surface area contributed by atoms with Gasteiger partial charge in [-0.2, -0.15) is 0 Å². The number of aliphatic hydroxyl groups excluding tert-OH is 1. The van der Waals surface area contributed by atoms with Crippen molar-refractivity contribution >= 4 is 17.0 Å². The van der Waals surface area contributed by atoms with Crippen molar-refractivity contribution in [1.82, 2.24) is 15.5 Å². The van der Waals surface area contributed by atoms with Crippen LogP contribution in [-0.2, 0) is 0 Å². The molecule has 3 aromatic heterocycles. The Bertz CT molecular complexity index is 808. The number of nitrogens with one attached hydrogen (secondary N) is 1. The second-order valence-electron chi connectivity index (χ2n) is 5.04. The van der Waals surface area contributed by atoms with Gasteiger partial charge in [0.2, 0.25) is 0 Å². The van der Waals surface area contributed by atoms with E-state index in [4.69, 9.17) is 14.0 Å². The van der Waals surface area contributed by atoms with Crippen molar-refractivity contribution in [2.45, 2.75) is 19.9 Å². The molecule has 3 aromatic rings. The molecule has 0 spiro atoms. The van der Waals surface area contributed by atoms with Crippen molar-refractivity contribution in [3.63, 3.8) is 0 Å². The fourth-order valence-electron chi connectivity index (χ4n) is 2.17. The van der Waals surface area contributed by atoms with E-state index in [1.807, 2.05) is 0 Å². The first-order chi connectivity index (χ1) is 10.6. The molecule has 0 saturated carbocycles. The molecule has 0 bridgehead atoms. The largest absolute Gasteiger partial charge is 0.463 e. The summed E-state index contributed by atoms with van der Waals surface area (Å²) in [5, 5.41) is 16.2. The van der Waals surface area contributed by atoms with E-state index in [-0.39, 0.29) is 24.3 Å². The maximum absolute atomic E-state index is 12.4. The lowest BCUT2D eigenvalue weighted by atomic mass is 10.1. The van der Waals surface area contributed by atoms with Gasteiger partial charge in [0.25, 0.3) is 11.6 Å². The smallest absolute Gasteiger partial charge is 0.259 e. The summed E-state index contributed by atoms with van der Waals surface area (Å²) in [6.07, 6.45) is 1.53. The molecule has 0 aliphatic carbocycles. The van der Waals surface area contributed by atoms with Crippen LogP contribution in [0, 0.1) is 6.92 Å². The van der Waals surface area contributed by atoms with Crippen LogP contribution in [0.15, 0.2) is 33.4 Å². The molecule has 7 heteroatoms. The Morgan fingerprint density at radius 1 is 1.50 bits per heavy atom. The predicted octanol–water partition coefficient (Wildman–Crippen LogP) is 1.90. The van der Waals surface area contributed by atoms with E-state index >= 15 is 0 Å². The molecule has 7 nitrogen and oxygen atoms in total. The Balaban J connectivity index is 2.13. The van der Waals surface area contributed by atoms with Crippen LogP contribution in [0.25, 0.3) is 22.6 Å². The minimum Gasteiger partial charge on any atom is -0.463 e. The number of rotatable bonds is 4. The summed E-state index contributed by atoms with van der Waals surface area (Å²) < 4.78 is 10.5. The van der Waals surface area contributed by atoms with Crippen molar-refractivity contribution in [2.24, 2.45) is 0 Å². The number of aliphatic hydroxyl groups is 1. The van der Waals surface area contributed by atoms with Gasteiger partial charge in [0, 0.05) is 6.04 Å². The molecular weight excluding hydrogens is 286 g/mol. The van der Waals surface area contributed by atoms with Gasteiger partial charge in [-0.1, -0.05) is 5.16 Å². The second kappa shape index (κ2) is 5.61. The van der Waals surface area contributed by atoms with E-state index in [9.17, 15) is 4.79 Å². The van der Waals surface area contributed by atoms with Crippen LogP contribution in [0.2, 0.25) is 0 Å². The highest BCUT2D eigenvalue weighted by atomic mass is 16.5. The molecule has 3 heterocycles. The third kappa shape index (κ3) is 2.46. The van der Waals surface area contributed by atoms with Crippen molar-refractivity contribution in [3.05, 3.63) is 35.7 Å². The van der Waals surface area contributed by atoms with Gasteiger partial charge in [0.1, 0.15) is 5.69 Å². The zero-order valence-corrected chi connectivity index (χ0v) is 12.2. The number of hydrogen-bond donors (Lipinski definition) is 2. The molecule has 1 unspecified atom stereocenters. The molecule has 0 radical (unpaired) electrons. The van der Waals surface area contributed by atoms with E-state index in [1.165, 1.54) is 6.26 Å². The third-order valence-corrected chi connectivity index (χ3v) is 3.29. The summed E-state index contributed by atoms with van der Waals surface area (Å²) in [6.45, 7) is 3.31. The van der Waals surface area contributed by atoms with Crippen molar-refractivity contribution in [2.75, 3.05) is 6.61 Å². The molecule has 0 fully saturated rings. The van der Waals surface area contributed by atoms with E-state index < -0.39 is 0 Å². The van der Waals surface area contributed by atoms with Crippen LogP contribution < -0.4 is 5.32 Å². The zero-order valence-electron chi connectivity index (χ0n) is 12.2. The molecule has 1 atom stereocenters. The van der Waals surface area contributed by atoms with Crippen molar-refractivity contribution < 1.29 is 18.8 Å². The quantitative estimate of drug-likeness (QED) is 0.763. The summed E-state index contributed by atoms with van der Waals surface area (Å²) in [4.78, 5) is 16.8. The van der Waals surface area contributed by atoms with Gasteiger partial charge in [-0.25, -0.2) is 4.98 Å². The maximum atomic E-state index is 12.4. The highest BCUT2D eigenvalue weighted by Gasteiger charge is 2.20. The molecule has 3 rings (SSSR count). The Labute approximate surface area is 125 Å². The summed E-state index contributed by atoms with van der Waals surface area (Å²) in [5.41, 5.74) is 1.72. The van der Waals surface area contributed by atoms with Crippen molar-refractivity contribution in [1.29, 1.82) is 0 Å². The number of carbonyl (C=O) groups is 1. The number of pyridine rings is 1. The average Bonchev–Trinajstić information content (AvgIpc) is 3.16. The van der Waals surface area contributed by atoms with Gasteiger partial charge < -0.3 is 19.4 Å². The second-order valence-corrected chi connectivity index (χ2v) is 5.04. The molecule has 2 N–H and O–H groups in total. The van der Waals surface area contributed by atoms with Gasteiger partial charge in [0.05, 0.1) is 29.5 Å². The highest BCUT2D eigenvalue weighted by Crippen LogP contribution is 2.27. The van der Waals surface area contributed by atoms with Crippen LogP contribution >= 0.6 is 0 Å². The van der Waals surface area contributed by atoms with Gasteiger partial charge in [-0.15, -0.1) is 0 Å². The number of nitrogens with zero attached hydrogens (tertiary/aromatic N) is 2. The number of hydrogen-bond acceptors (Lipinski definition) is 6. The first-order valence-electron chi connectivity index (χ1n) is 6.82. The number of aromatic nitrogens is 2. The normalized spacial score (nSPS) is 12.5. The molecular formula is C15H15N3O4. The lowest BCUT2D eigenvalue weighted by molar-refractivity contribution is 0.0924. The maximum Gasteiger partial charge on any atom is 0.259 e. The molecule has 114 valence electrons. The highest BCUT2D eigenvalue weighted by molar-refractivity contribution is 6.06. The molecule has 0 aliphatic heterocycles. The Hall–Kier alpha value is -2.67. The van der Waals surface area contributed by atoms with Crippen LogP contribution in [0.3, 0.4) is 0 Å². The van der Waals surface area contributed by atoms with Crippen LogP contribution in [-0.4, -0.2) is 33.8 Å². The lowest BCUT2D eigenvalue weighted by Crippen LogP contribution is -2.35. The standard InChI is InChI=1S/C15H15N3O4/c1-8(7-19)16-14(20)10-6-11(12-4-3-5-21-12)17-15-13(10)9(2)18-22-15/h3-6,8,19H,7H2,1-2H3,(H,16,20). The first kappa shape index (κ1) is 14.3. The fraction of sp³-hybridized carbons (Fsp3) is 0.267. The van der Waals surface area contributed by atoms with Gasteiger partial charge in [0.15, 0.2) is 5.76 Å². The number of fused-ring (bicyclic) bond motifs is 1. The summed E-state index contributed by atoms with van der Waals surface area (Å²) in [6, 6.07) is 4.75. The van der Waals surface area contributed by atoms with Crippen molar-refractivity contribution in [3.8, 4) is 11.5 Å². The third-order valence-electron chi connectivity index (χ3n) is 3.29. The summed E-state index contributed by atoms with van der Waals surface area (Å²) in [5.74, 6) is 0.202. The number of aryl methyl sites for hydroxylation is 1. The monoisotopic (exact) mass is 301 g/mol. The van der Waals surface area contributed by atoms with Crippen LogP contribution in [0.4, 0.5) is 0 Å². The zero-order chi connectivity index (χ0) is 15.7. The summed E-state index contributed by atoms with van der Waals surface area (Å²) >= 11 is 0. The first-order valence-corrected chi connectivity index (χ1v) is 6.82. The molecule has 0 aromatic carbocycles. The minimum atomic E-state index is -0.358. The van der Waals surface area contributed by atoms with Crippen LogP contribution in [0.1, 0.15) is 23.0 Å². The van der Waals surface area contributed by atoms with E-state index in [0.29, 0.717) is 28.1 Å². The molecule has 0 aliphatic rings. The average molecular weight is 301 g/mol. The summed E-state index contributed by atoms with van der Waals surface area (Å²) in [7, 11) is 0. The van der Waals surface area contributed by atoms with Crippen LogP contribution in [0.5, 0.6) is 0 Å². The van der Waals surface area contributed by atoms with E-state index in [1.54, 1.807) is 32.0 Å². The number of furan rings is 1. The number of carbonyl (C=O) groups excluding carboxylic acids is 1. The Kier molecular flexibility index (Phi) is 3.64.